The van der Waals surface area contributed by atoms with Gasteiger partial charge in [0.2, 0.25) is 5.91 Å². The van der Waals surface area contributed by atoms with Crippen LogP contribution >= 0.6 is 0 Å². The second kappa shape index (κ2) is 5.52. The van der Waals surface area contributed by atoms with Crippen LogP contribution in [0.2, 0.25) is 0 Å². The molecular weight excluding hydrogens is 216 g/mol. The maximum absolute atomic E-state index is 11.3. The van der Waals surface area contributed by atoms with Crippen molar-refractivity contribution in [2.75, 3.05) is 36.4 Å². The Kier molecular flexibility index (Phi) is 3.80. The Hall–Kier alpha value is -1.78. The van der Waals surface area contributed by atoms with Gasteiger partial charge in [0.25, 0.3) is 0 Å². The summed E-state index contributed by atoms with van der Waals surface area (Å²) in [5.41, 5.74) is 1.05. The fourth-order valence-electron chi connectivity index (χ4n) is 1.82. The van der Waals surface area contributed by atoms with Gasteiger partial charge in [0, 0.05) is 37.6 Å². The average Bonchev–Trinajstić information content (AvgIpc) is 2.37. The molecular formula is C12H18N4O. The van der Waals surface area contributed by atoms with Crippen molar-refractivity contribution >= 4 is 17.4 Å². The predicted octanol–water partition coefficient (Wildman–Crippen LogP) is 0.840. The van der Waals surface area contributed by atoms with E-state index in [1.807, 2.05) is 12.1 Å². The molecule has 0 aromatic carbocycles. The minimum Gasteiger partial charge on any atom is -0.370 e. The lowest BCUT2D eigenvalue weighted by molar-refractivity contribution is -0.120. The number of rotatable bonds is 4. The molecule has 17 heavy (non-hydrogen) atoms. The fraction of sp³-hybridized carbons (Fsp3) is 0.500. The molecule has 2 N–H and O–H groups in total. The van der Waals surface area contributed by atoms with Gasteiger partial charge in [-0.3, -0.25) is 4.79 Å². The first-order valence-corrected chi connectivity index (χ1v) is 6.01. The zero-order valence-corrected chi connectivity index (χ0v) is 10.1. The van der Waals surface area contributed by atoms with Crippen molar-refractivity contribution in [1.82, 2.24) is 10.3 Å². The maximum atomic E-state index is 11.3. The zero-order valence-electron chi connectivity index (χ0n) is 10.1. The van der Waals surface area contributed by atoms with Gasteiger partial charge in [-0.1, -0.05) is 6.92 Å². The molecule has 0 aliphatic carbocycles. The third-order valence-electron chi connectivity index (χ3n) is 2.70. The van der Waals surface area contributed by atoms with Crippen LogP contribution in [0.4, 0.5) is 11.5 Å². The molecule has 1 aromatic rings. The van der Waals surface area contributed by atoms with Crippen LogP contribution in [-0.4, -0.2) is 37.1 Å². The highest BCUT2D eigenvalue weighted by atomic mass is 16.2. The Morgan fingerprint density at radius 2 is 2.47 bits per heavy atom. The number of amides is 1. The Morgan fingerprint density at radius 3 is 3.24 bits per heavy atom. The van der Waals surface area contributed by atoms with Crippen LogP contribution < -0.4 is 15.5 Å². The monoisotopic (exact) mass is 234 g/mol. The van der Waals surface area contributed by atoms with E-state index in [0.29, 0.717) is 13.1 Å². The van der Waals surface area contributed by atoms with Gasteiger partial charge >= 0.3 is 0 Å². The largest absolute Gasteiger partial charge is 0.370 e. The number of anilines is 2. The van der Waals surface area contributed by atoms with E-state index in [0.717, 1.165) is 31.0 Å². The van der Waals surface area contributed by atoms with Crippen LogP contribution in [0.3, 0.4) is 0 Å². The van der Waals surface area contributed by atoms with Crippen LogP contribution in [0.1, 0.15) is 13.3 Å². The molecule has 2 heterocycles. The van der Waals surface area contributed by atoms with Crippen molar-refractivity contribution in [3.63, 3.8) is 0 Å². The number of carbonyl (C=O) groups excluding carboxylic acids is 1. The second-order valence-electron chi connectivity index (χ2n) is 4.10. The Morgan fingerprint density at radius 1 is 1.59 bits per heavy atom. The van der Waals surface area contributed by atoms with Gasteiger partial charge in [0.15, 0.2) is 0 Å². The van der Waals surface area contributed by atoms with Gasteiger partial charge in [0.1, 0.15) is 5.82 Å². The van der Waals surface area contributed by atoms with Gasteiger partial charge in [-0.2, -0.15) is 0 Å². The first-order chi connectivity index (χ1) is 8.29. The van der Waals surface area contributed by atoms with Crippen molar-refractivity contribution in [2.24, 2.45) is 0 Å². The number of nitrogens with one attached hydrogen (secondary N) is 2. The maximum Gasteiger partial charge on any atom is 0.239 e. The van der Waals surface area contributed by atoms with Crippen molar-refractivity contribution in [2.45, 2.75) is 13.3 Å². The van der Waals surface area contributed by atoms with Crippen LogP contribution in [-0.2, 0) is 4.79 Å². The Balaban J connectivity index is 2.06. The van der Waals surface area contributed by atoms with Gasteiger partial charge in [-0.15, -0.1) is 0 Å². The van der Waals surface area contributed by atoms with E-state index in [9.17, 15) is 4.79 Å². The number of aromatic nitrogens is 1. The molecule has 2 rings (SSSR count). The van der Waals surface area contributed by atoms with Gasteiger partial charge in [0.05, 0.1) is 6.54 Å². The van der Waals surface area contributed by atoms with E-state index >= 15 is 0 Å². The first-order valence-electron chi connectivity index (χ1n) is 6.01. The summed E-state index contributed by atoms with van der Waals surface area (Å²) in [5.74, 6) is 0.950. The minimum absolute atomic E-state index is 0.0797. The fourth-order valence-corrected chi connectivity index (χ4v) is 1.82. The smallest absolute Gasteiger partial charge is 0.239 e. The van der Waals surface area contributed by atoms with Gasteiger partial charge in [-0.05, 0) is 12.5 Å². The molecule has 1 fully saturated rings. The second-order valence-corrected chi connectivity index (χ2v) is 4.10. The number of carbonyl (C=O) groups is 1. The van der Waals surface area contributed by atoms with E-state index in [4.69, 9.17) is 0 Å². The molecule has 92 valence electrons. The summed E-state index contributed by atoms with van der Waals surface area (Å²) in [6, 6.07) is 3.93. The van der Waals surface area contributed by atoms with E-state index in [1.54, 1.807) is 6.20 Å². The van der Waals surface area contributed by atoms with Crippen molar-refractivity contribution in [3.8, 4) is 0 Å². The molecule has 1 aliphatic heterocycles. The average molecular weight is 234 g/mol. The zero-order chi connectivity index (χ0) is 12.1. The van der Waals surface area contributed by atoms with Gasteiger partial charge < -0.3 is 15.5 Å². The lowest BCUT2D eigenvalue weighted by atomic mass is 10.3. The Labute approximate surface area is 101 Å². The molecule has 0 spiro atoms. The summed E-state index contributed by atoms with van der Waals surface area (Å²) in [6.07, 6.45) is 2.85. The lowest BCUT2D eigenvalue weighted by Gasteiger charge is -2.28. The summed E-state index contributed by atoms with van der Waals surface area (Å²) in [6.45, 7) is 5.02. The summed E-state index contributed by atoms with van der Waals surface area (Å²) in [7, 11) is 0. The molecule has 0 atom stereocenters. The summed E-state index contributed by atoms with van der Waals surface area (Å²) < 4.78 is 0. The van der Waals surface area contributed by atoms with Crippen LogP contribution in [0.5, 0.6) is 0 Å². The molecule has 0 saturated carbocycles. The molecule has 0 bridgehead atoms. The molecule has 1 aliphatic rings. The van der Waals surface area contributed by atoms with Crippen LogP contribution in [0.15, 0.2) is 18.3 Å². The normalized spacial score (nSPS) is 15.6. The highest BCUT2D eigenvalue weighted by molar-refractivity contribution is 5.82. The highest BCUT2D eigenvalue weighted by Gasteiger charge is 2.16. The molecule has 5 nitrogen and oxygen atoms in total. The van der Waals surface area contributed by atoms with E-state index in [1.165, 1.54) is 0 Å². The standard InChI is InChI=1S/C12H18N4O/c1-2-4-13-11-8-10(3-5-14-11)16-7-6-15-12(17)9-16/h3,5,8H,2,4,6-7,9H2,1H3,(H,13,14)(H,15,17). The highest BCUT2D eigenvalue weighted by Crippen LogP contribution is 2.17. The van der Waals surface area contributed by atoms with Crippen molar-refractivity contribution in [3.05, 3.63) is 18.3 Å². The summed E-state index contributed by atoms with van der Waals surface area (Å²) in [4.78, 5) is 17.6. The van der Waals surface area contributed by atoms with E-state index < -0.39 is 0 Å². The molecule has 1 aromatic heterocycles. The topological polar surface area (TPSA) is 57.3 Å². The molecule has 0 radical (unpaired) electrons. The number of pyridine rings is 1. The summed E-state index contributed by atoms with van der Waals surface area (Å²) in [5, 5.41) is 6.07. The minimum atomic E-state index is 0.0797. The van der Waals surface area contributed by atoms with Crippen LogP contribution in [0, 0.1) is 0 Å². The predicted molar refractivity (Wildman–Crippen MR) is 68.2 cm³/mol. The third-order valence-corrected chi connectivity index (χ3v) is 2.70. The number of hydrogen-bond acceptors (Lipinski definition) is 4. The quantitative estimate of drug-likeness (QED) is 0.810. The number of hydrogen-bond donors (Lipinski definition) is 2. The summed E-state index contributed by atoms with van der Waals surface area (Å²) >= 11 is 0. The SMILES string of the molecule is CCCNc1cc(N2CCNC(=O)C2)ccn1. The van der Waals surface area contributed by atoms with E-state index in [2.05, 4.69) is 27.4 Å². The Bertz CT molecular complexity index is 394. The third kappa shape index (κ3) is 3.09. The van der Waals surface area contributed by atoms with Gasteiger partial charge in [-0.25, -0.2) is 4.98 Å². The van der Waals surface area contributed by atoms with Crippen molar-refractivity contribution in [1.29, 1.82) is 0 Å². The lowest BCUT2D eigenvalue weighted by Crippen LogP contribution is -2.47. The number of piperazine rings is 1. The molecule has 0 unspecified atom stereocenters. The molecule has 5 heteroatoms. The molecule has 1 saturated heterocycles. The number of nitrogens with zero attached hydrogens (tertiary/aromatic N) is 2. The first kappa shape index (κ1) is 11.7. The molecule has 1 amide bonds. The van der Waals surface area contributed by atoms with Crippen LogP contribution in [0.25, 0.3) is 0 Å². The van der Waals surface area contributed by atoms with E-state index in [-0.39, 0.29) is 5.91 Å². The van der Waals surface area contributed by atoms with Crippen molar-refractivity contribution < 1.29 is 4.79 Å².